The lowest BCUT2D eigenvalue weighted by Crippen LogP contribution is -2.67. The summed E-state index contributed by atoms with van der Waals surface area (Å²) in [5, 5.41) is 0.572. The van der Waals surface area contributed by atoms with Gasteiger partial charge in [-0.2, -0.15) is 0 Å². The molecule has 65 heavy (non-hydrogen) atoms. The van der Waals surface area contributed by atoms with E-state index in [0.29, 0.717) is 12.2 Å². The topological polar surface area (TPSA) is 125 Å². The summed E-state index contributed by atoms with van der Waals surface area (Å²) < 4.78 is 51.3. The van der Waals surface area contributed by atoms with Crippen LogP contribution < -0.4 is 10.4 Å². The Kier molecular flexibility index (Phi) is 16.3. The number of benzene rings is 5. The average molecular weight is 917 g/mol. The summed E-state index contributed by atoms with van der Waals surface area (Å²) in [5.74, 6) is -1.90. The number of carbonyl (C=O) groups is 3. The standard InChI is InChI=1S/C52H56O11SSi/c1-6-57-44-33-32-43(41(60-44)35-59-65(52(2,3)4,39-28-18-10-19-29-39)40-30-20-11-21-31-40)64-47-42(34-58-48(53)36-22-12-7-13-23-36)61-51(56-5)46(63-50(55)38-26-16-9-17-27-38)45(47)62-49(54)37-24-14-8-15-25-37/h7-33,41-47,51H,6,34-35H2,1-5H3/t41-,42-,43-,44+,45-,46-,47+,51+/m1/s1. The van der Waals surface area contributed by atoms with Crippen molar-refractivity contribution in [1.29, 1.82) is 0 Å². The molecule has 0 saturated carbocycles. The van der Waals surface area contributed by atoms with Crippen LogP contribution in [0.15, 0.2) is 164 Å². The molecular weight excluding hydrogens is 861 g/mol. The lowest BCUT2D eigenvalue weighted by molar-refractivity contribution is -0.258. The van der Waals surface area contributed by atoms with Gasteiger partial charge < -0.3 is 37.6 Å². The third-order valence-electron chi connectivity index (χ3n) is 11.4. The van der Waals surface area contributed by atoms with Gasteiger partial charge in [-0.15, -0.1) is 11.8 Å². The number of thioether (sulfide) groups is 1. The maximum Gasteiger partial charge on any atom is 0.338 e. The number of hydrogen-bond donors (Lipinski definition) is 0. The van der Waals surface area contributed by atoms with Gasteiger partial charge in [0.2, 0.25) is 0 Å². The van der Waals surface area contributed by atoms with Gasteiger partial charge in [0.25, 0.3) is 8.32 Å². The molecule has 2 heterocycles. The van der Waals surface area contributed by atoms with Crippen molar-refractivity contribution in [3.8, 4) is 0 Å². The zero-order valence-electron chi connectivity index (χ0n) is 37.2. The molecule has 0 amide bonds. The van der Waals surface area contributed by atoms with Gasteiger partial charge in [-0.1, -0.05) is 142 Å². The first-order valence-corrected chi connectivity index (χ1v) is 24.7. The molecule has 0 radical (unpaired) electrons. The van der Waals surface area contributed by atoms with Crippen LogP contribution in [-0.2, 0) is 37.6 Å². The quantitative estimate of drug-likeness (QED) is 0.0388. The Morgan fingerprint density at radius 2 is 1.08 bits per heavy atom. The molecule has 5 aromatic carbocycles. The van der Waals surface area contributed by atoms with Crippen LogP contribution in [0.1, 0.15) is 58.8 Å². The summed E-state index contributed by atoms with van der Waals surface area (Å²) in [6, 6.07) is 46.4. The minimum atomic E-state index is -3.05. The highest BCUT2D eigenvalue weighted by atomic mass is 32.2. The number of methoxy groups -OCH3 is 1. The first-order chi connectivity index (χ1) is 31.5. The molecule has 2 aliphatic heterocycles. The van der Waals surface area contributed by atoms with E-state index in [9.17, 15) is 14.4 Å². The summed E-state index contributed by atoms with van der Waals surface area (Å²) in [7, 11) is -1.64. The fourth-order valence-corrected chi connectivity index (χ4v) is 14.4. The van der Waals surface area contributed by atoms with Crippen molar-refractivity contribution < 1.29 is 52.0 Å². The molecule has 0 spiro atoms. The molecule has 7 rings (SSSR count). The third-order valence-corrected chi connectivity index (χ3v) is 18.0. The Balaban J connectivity index is 1.29. The molecule has 0 unspecified atom stereocenters. The summed E-state index contributed by atoms with van der Waals surface area (Å²) in [5.41, 5.74) is 0.919. The van der Waals surface area contributed by atoms with Crippen LogP contribution in [0.2, 0.25) is 5.04 Å². The highest BCUT2D eigenvalue weighted by Crippen LogP contribution is 2.42. The zero-order valence-corrected chi connectivity index (χ0v) is 39.0. The first kappa shape index (κ1) is 47.6. The van der Waals surface area contributed by atoms with Crippen LogP contribution in [0.25, 0.3) is 0 Å². The molecule has 2 aliphatic rings. The number of hydrogen-bond acceptors (Lipinski definition) is 12. The fraction of sp³-hybridized carbons (Fsp3) is 0.327. The van der Waals surface area contributed by atoms with Crippen molar-refractivity contribution in [3.63, 3.8) is 0 Å². The van der Waals surface area contributed by atoms with Crippen molar-refractivity contribution in [2.75, 3.05) is 26.9 Å². The van der Waals surface area contributed by atoms with Gasteiger partial charge in [-0.05, 0) is 64.8 Å². The maximum absolute atomic E-state index is 14.2. The highest BCUT2D eigenvalue weighted by Gasteiger charge is 2.54. The van der Waals surface area contributed by atoms with Crippen LogP contribution >= 0.6 is 11.8 Å². The van der Waals surface area contributed by atoms with Gasteiger partial charge in [-0.25, -0.2) is 14.4 Å². The van der Waals surface area contributed by atoms with Crippen molar-refractivity contribution in [3.05, 3.63) is 181 Å². The van der Waals surface area contributed by atoms with Crippen LogP contribution in [-0.4, -0.2) is 101 Å². The van der Waals surface area contributed by atoms with Gasteiger partial charge >= 0.3 is 17.9 Å². The summed E-state index contributed by atoms with van der Waals surface area (Å²) in [4.78, 5) is 41.5. The molecule has 0 N–H and O–H groups in total. The number of esters is 3. The average Bonchev–Trinajstić information content (AvgIpc) is 3.34. The lowest BCUT2D eigenvalue weighted by atomic mass is 10.0. The second kappa shape index (κ2) is 22.2. The molecule has 1 saturated heterocycles. The van der Waals surface area contributed by atoms with Crippen LogP contribution in [0.3, 0.4) is 0 Å². The largest absolute Gasteiger partial charge is 0.459 e. The second-order valence-corrected chi connectivity index (χ2v) is 22.3. The third kappa shape index (κ3) is 11.4. The van der Waals surface area contributed by atoms with Crippen molar-refractivity contribution in [2.45, 2.75) is 80.2 Å². The smallest absolute Gasteiger partial charge is 0.338 e. The van der Waals surface area contributed by atoms with Gasteiger partial charge in [-0.3, -0.25) is 0 Å². The van der Waals surface area contributed by atoms with Gasteiger partial charge in [0.1, 0.15) is 12.7 Å². The Bertz CT molecular complexity index is 2270. The summed E-state index contributed by atoms with van der Waals surface area (Å²) in [6.45, 7) is 8.85. The predicted octanol–water partition coefficient (Wildman–Crippen LogP) is 8.03. The Morgan fingerprint density at radius 1 is 0.600 bits per heavy atom. The van der Waals surface area contributed by atoms with Crippen LogP contribution in [0.4, 0.5) is 0 Å². The zero-order chi connectivity index (χ0) is 45.8. The van der Waals surface area contributed by atoms with E-state index in [2.05, 4.69) is 45.0 Å². The molecule has 0 aliphatic carbocycles. The summed E-state index contributed by atoms with van der Waals surface area (Å²) in [6.07, 6.45) is -2.08. The van der Waals surface area contributed by atoms with Gasteiger partial charge in [0.05, 0.1) is 39.9 Å². The van der Waals surface area contributed by atoms with Gasteiger partial charge in [0, 0.05) is 13.7 Å². The minimum Gasteiger partial charge on any atom is -0.459 e. The van der Waals surface area contributed by atoms with Crippen molar-refractivity contribution in [2.24, 2.45) is 0 Å². The van der Waals surface area contributed by atoms with Crippen LogP contribution in [0, 0.1) is 0 Å². The molecule has 340 valence electrons. The minimum absolute atomic E-state index is 0.154. The lowest BCUT2D eigenvalue weighted by Gasteiger charge is -2.47. The highest BCUT2D eigenvalue weighted by molar-refractivity contribution is 8.00. The van der Waals surface area contributed by atoms with Crippen molar-refractivity contribution in [1.82, 2.24) is 0 Å². The van der Waals surface area contributed by atoms with E-state index in [0.717, 1.165) is 10.4 Å². The molecule has 1 fully saturated rings. The fourth-order valence-electron chi connectivity index (χ4n) is 8.27. The molecule has 13 heteroatoms. The monoisotopic (exact) mass is 916 g/mol. The van der Waals surface area contributed by atoms with E-state index in [-0.39, 0.29) is 29.4 Å². The van der Waals surface area contributed by atoms with Gasteiger partial charge in [0.15, 0.2) is 24.8 Å². The number of ether oxygens (including phenoxy) is 7. The Hall–Kier alpha value is -5.38. The molecule has 0 aromatic heterocycles. The molecule has 8 atom stereocenters. The van der Waals surface area contributed by atoms with E-state index in [1.165, 1.54) is 18.9 Å². The molecule has 5 aromatic rings. The normalized spacial score (nSPS) is 23.3. The molecular formula is C52H56O11SSi. The predicted molar refractivity (Wildman–Crippen MR) is 252 cm³/mol. The SMILES string of the molecule is CCO[C@@H]1C=C[C@@H](S[C@@H]2[C@H](OC(=O)c3ccccc3)[C@@H](OC(=O)c3ccccc3)[C@@H](OC)O[C@@H]2COC(=O)c2ccccc2)[C@@H](CO[Si](c2ccccc2)(c2ccccc2)C(C)(C)C)O1. The Labute approximate surface area is 386 Å². The van der Waals surface area contributed by atoms with E-state index >= 15 is 0 Å². The van der Waals surface area contributed by atoms with Crippen molar-refractivity contribution >= 4 is 48.4 Å². The van der Waals surface area contributed by atoms with E-state index in [1.807, 2.05) is 61.5 Å². The maximum atomic E-state index is 14.2. The number of rotatable bonds is 17. The van der Waals surface area contributed by atoms with E-state index in [1.54, 1.807) is 84.9 Å². The van der Waals surface area contributed by atoms with Crippen LogP contribution in [0.5, 0.6) is 0 Å². The molecule has 11 nitrogen and oxygen atoms in total. The molecule has 0 bridgehead atoms. The number of carbonyl (C=O) groups excluding carboxylic acids is 3. The van der Waals surface area contributed by atoms with E-state index in [4.69, 9.17) is 37.6 Å². The second-order valence-electron chi connectivity index (χ2n) is 16.6. The first-order valence-electron chi connectivity index (χ1n) is 21.8. The Morgan fingerprint density at radius 3 is 1.55 bits per heavy atom. The summed E-state index contributed by atoms with van der Waals surface area (Å²) >= 11 is 1.39. The van der Waals surface area contributed by atoms with E-state index < -0.39 is 73.7 Å².